The van der Waals surface area contributed by atoms with Crippen molar-refractivity contribution in [1.82, 2.24) is 15.0 Å². The van der Waals surface area contributed by atoms with Gasteiger partial charge >= 0.3 is 0 Å². The lowest BCUT2D eigenvalue weighted by Crippen LogP contribution is -2.28. The van der Waals surface area contributed by atoms with Crippen LogP contribution in [0.3, 0.4) is 0 Å². The topological polar surface area (TPSA) is 51.8 Å². The van der Waals surface area contributed by atoms with Crippen LogP contribution in [0.1, 0.15) is 22.3 Å². The monoisotopic (exact) mass is 715 g/mol. The van der Waals surface area contributed by atoms with Gasteiger partial charge in [0.25, 0.3) is 0 Å². The first kappa shape index (κ1) is 32.0. The molecule has 4 heteroatoms. The van der Waals surface area contributed by atoms with Crippen LogP contribution in [0.5, 0.6) is 0 Å². The molecular weight excluding hydrogens is 683 g/mol. The fraction of sp³-hybridized carbons (Fsp3) is 0.0192. The largest absolute Gasteiger partial charge is 0.456 e. The Balaban J connectivity index is 1.08. The average molecular weight is 716 g/mol. The molecule has 2 aromatic heterocycles. The second-order valence-corrected chi connectivity index (χ2v) is 14.3. The molecule has 262 valence electrons. The minimum Gasteiger partial charge on any atom is -0.456 e. The van der Waals surface area contributed by atoms with E-state index < -0.39 is 5.41 Å². The van der Waals surface area contributed by atoms with Crippen molar-refractivity contribution in [2.75, 3.05) is 0 Å². The maximum Gasteiger partial charge on any atom is 0.164 e. The number of hydrogen-bond acceptors (Lipinski definition) is 4. The van der Waals surface area contributed by atoms with E-state index in [9.17, 15) is 0 Å². The van der Waals surface area contributed by atoms with E-state index in [-0.39, 0.29) is 0 Å². The Morgan fingerprint density at radius 2 is 0.839 bits per heavy atom. The number of furan rings is 1. The van der Waals surface area contributed by atoms with E-state index in [4.69, 9.17) is 19.4 Å². The van der Waals surface area contributed by atoms with Crippen LogP contribution in [0.2, 0.25) is 0 Å². The molecule has 1 aliphatic carbocycles. The van der Waals surface area contributed by atoms with Gasteiger partial charge in [-0.1, -0.05) is 182 Å². The van der Waals surface area contributed by atoms with E-state index in [0.717, 1.165) is 49.8 Å². The van der Waals surface area contributed by atoms with Gasteiger partial charge in [0.1, 0.15) is 11.2 Å². The Bertz CT molecular complexity index is 3020. The molecule has 0 bridgehead atoms. The lowest BCUT2D eigenvalue weighted by atomic mass is 9.67. The quantitative estimate of drug-likeness (QED) is 0.172. The van der Waals surface area contributed by atoms with E-state index in [1.807, 2.05) is 36.4 Å². The summed E-state index contributed by atoms with van der Waals surface area (Å²) >= 11 is 0. The molecule has 0 saturated carbocycles. The number of nitrogens with zero attached hydrogens (tertiary/aromatic N) is 3. The van der Waals surface area contributed by atoms with Gasteiger partial charge in [0.05, 0.1) is 5.41 Å². The predicted molar refractivity (Wildman–Crippen MR) is 226 cm³/mol. The van der Waals surface area contributed by atoms with Crippen LogP contribution in [-0.4, -0.2) is 15.0 Å². The third-order valence-electron chi connectivity index (χ3n) is 11.2. The number of hydrogen-bond donors (Lipinski definition) is 0. The molecule has 0 N–H and O–H groups in total. The third kappa shape index (κ3) is 4.96. The fourth-order valence-corrected chi connectivity index (χ4v) is 8.75. The van der Waals surface area contributed by atoms with Crippen molar-refractivity contribution in [3.05, 3.63) is 222 Å². The van der Waals surface area contributed by atoms with Crippen molar-refractivity contribution < 1.29 is 4.42 Å². The summed E-state index contributed by atoms with van der Waals surface area (Å²) in [5.74, 6) is 1.88. The molecule has 8 aromatic carbocycles. The molecule has 0 spiro atoms. The van der Waals surface area contributed by atoms with Gasteiger partial charge in [-0.2, -0.15) is 0 Å². The Morgan fingerprint density at radius 3 is 1.55 bits per heavy atom. The van der Waals surface area contributed by atoms with Crippen LogP contribution in [0, 0.1) is 0 Å². The highest BCUT2D eigenvalue weighted by molar-refractivity contribution is 6.12. The molecule has 0 amide bonds. The van der Waals surface area contributed by atoms with Crippen molar-refractivity contribution in [1.29, 1.82) is 0 Å². The summed E-state index contributed by atoms with van der Waals surface area (Å²) in [6.45, 7) is 0. The van der Waals surface area contributed by atoms with Gasteiger partial charge in [0.15, 0.2) is 17.5 Å². The number of para-hydroxylation sites is 1. The number of fused-ring (bicyclic) bond motifs is 6. The van der Waals surface area contributed by atoms with Crippen LogP contribution in [0.15, 0.2) is 205 Å². The normalized spacial score (nSPS) is 12.8. The van der Waals surface area contributed by atoms with E-state index in [2.05, 4.69) is 164 Å². The van der Waals surface area contributed by atoms with Crippen molar-refractivity contribution in [2.24, 2.45) is 0 Å². The van der Waals surface area contributed by atoms with Crippen molar-refractivity contribution in [2.45, 2.75) is 5.41 Å². The Labute approximate surface area is 324 Å². The van der Waals surface area contributed by atoms with Crippen LogP contribution in [0.25, 0.3) is 78.4 Å². The third-order valence-corrected chi connectivity index (χ3v) is 11.2. The summed E-state index contributed by atoms with van der Waals surface area (Å²) in [6.07, 6.45) is 0. The summed E-state index contributed by atoms with van der Waals surface area (Å²) in [7, 11) is 0. The molecule has 0 unspecified atom stereocenters. The number of benzene rings is 8. The molecule has 10 aromatic rings. The second kappa shape index (κ2) is 12.9. The summed E-state index contributed by atoms with van der Waals surface area (Å²) in [4.78, 5) is 15.4. The molecule has 0 atom stereocenters. The standard InChI is InChI=1S/C52H33N3O/c1-4-15-35(16-5-1)49-53-50(36-29-27-34(28-30-36)40-23-14-26-47-48(40)43-22-11-13-25-46(43)56-47)55-51(54-49)37-31-32-42-41-21-10-12-24-44(41)52(45(42)33-37,38-17-6-2-7-18-38)39-19-8-3-9-20-39/h1-33H. The minimum atomic E-state index is -0.526. The first-order chi connectivity index (χ1) is 27.8. The lowest BCUT2D eigenvalue weighted by molar-refractivity contribution is 0.669. The van der Waals surface area contributed by atoms with Gasteiger partial charge in [-0.05, 0) is 62.7 Å². The molecule has 56 heavy (non-hydrogen) atoms. The highest BCUT2D eigenvalue weighted by Gasteiger charge is 2.46. The van der Waals surface area contributed by atoms with E-state index >= 15 is 0 Å². The summed E-state index contributed by atoms with van der Waals surface area (Å²) in [5, 5.41) is 2.23. The van der Waals surface area contributed by atoms with E-state index in [0.29, 0.717) is 17.5 Å². The van der Waals surface area contributed by atoms with Gasteiger partial charge in [-0.25, -0.2) is 15.0 Å². The molecule has 0 aliphatic heterocycles. The maximum absolute atomic E-state index is 6.20. The van der Waals surface area contributed by atoms with Crippen LogP contribution in [0.4, 0.5) is 0 Å². The molecule has 11 rings (SSSR count). The highest BCUT2D eigenvalue weighted by atomic mass is 16.3. The van der Waals surface area contributed by atoms with Crippen molar-refractivity contribution in [3.8, 4) is 56.4 Å². The SMILES string of the molecule is c1ccc(-c2nc(-c3ccc(-c4cccc5oc6ccccc6c45)cc3)nc(-c3ccc4c(c3)C(c3ccccc3)(c3ccccc3)c3ccccc3-4)n2)cc1. The smallest absolute Gasteiger partial charge is 0.164 e. The van der Waals surface area contributed by atoms with Crippen molar-refractivity contribution >= 4 is 21.9 Å². The molecular formula is C52H33N3O. The average Bonchev–Trinajstić information content (AvgIpc) is 3.81. The zero-order chi connectivity index (χ0) is 37.1. The van der Waals surface area contributed by atoms with E-state index in [1.54, 1.807) is 0 Å². The molecule has 0 radical (unpaired) electrons. The summed E-state index contributed by atoms with van der Waals surface area (Å²) < 4.78 is 6.20. The van der Waals surface area contributed by atoms with Gasteiger partial charge in [0, 0.05) is 27.5 Å². The molecule has 0 saturated heterocycles. The molecule has 4 nitrogen and oxygen atoms in total. The number of rotatable bonds is 6. The Kier molecular flexibility index (Phi) is 7.36. The van der Waals surface area contributed by atoms with Crippen LogP contribution in [-0.2, 0) is 5.41 Å². The van der Waals surface area contributed by atoms with E-state index in [1.165, 1.54) is 33.4 Å². The van der Waals surface area contributed by atoms with Gasteiger partial charge in [-0.3, -0.25) is 0 Å². The predicted octanol–water partition coefficient (Wildman–Crippen LogP) is 12.8. The van der Waals surface area contributed by atoms with Crippen LogP contribution >= 0.6 is 0 Å². The van der Waals surface area contributed by atoms with Crippen LogP contribution < -0.4 is 0 Å². The molecule has 0 fully saturated rings. The molecule has 2 heterocycles. The van der Waals surface area contributed by atoms with Gasteiger partial charge < -0.3 is 4.42 Å². The molecule has 1 aliphatic rings. The summed E-state index contributed by atoms with van der Waals surface area (Å²) in [5.41, 5.74) is 13.6. The first-order valence-electron chi connectivity index (χ1n) is 18.9. The minimum absolute atomic E-state index is 0.526. The van der Waals surface area contributed by atoms with Gasteiger partial charge in [-0.15, -0.1) is 0 Å². The summed E-state index contributed by atoms with van der Waals surface area (Å²) in [6, 6.07) is 70.4. The highest BCUT2D eigenvalue weighted by Crippen LogP contribution is 2.56. The first-order valence-corrected chi connectivity index (χ1v) is 18.9. The maximum atomic E-state index is 6.20. The lowest BCUT2D eigenvalue weighted by Gasteiger charge is -2.34. The second-order valence-electron chi connectivity index (χ2n) is 14.3. The Morgan fingerprint density at radius 1 is 0.339 bits per heavy atom. The zero-order valence-electron chi connectivity index (χ0n) is 30.3. The Hall–Kier alpha value is -7.43. The fourth-order valence-electron chi connectivity index (χ4n) is 8.75. The van der Waals surface area contributed by atoms with Crippen molar-refractivity contribution in [3.63, 3.8) is 0 Å². The number of aromatic nitrogens is 3. The van der Waals surface area contributed by atoms with Gasteiger partial charge in [0.2, 0.25) is 0 Å². The zero-order valence-corrected chi connectivity index (χ0v) is 30.3.